The molecule has 4 aliphatic rings. The summed E-state index contributed by atoms with van der Waals surface area (Å²) in [5.41, 5.74) is 2.72. The van der Waals surface area contributed by atoms with Gasteiger partial charge in [-0.25, -0.2) is 4.79 Å². The lowest BCUT2D eigenvalue weighted by Crippen LogP contribution is -2.69. The lowest BCUT2D eigenvalue weighted by Gasteiger charge is -2.59. The van der Waals surface area contributed by atoms with Crippen LogP contribution in [-0.4, -0.2) is 91.4 Å². The summed E-state index contributed by atoms with van der Waals surface area (Å²) < 4.78 is 33.0. The van der Waals surface area contributed by atoms with Crippen LogP contribution in [0.1, 0.15) is 147 Å². The van der Waals surface area contributed by atoms with Crippen LogP contribution in [-0.2, 0) is 19.0 Å². The molecule has 2 N–H and O–H groups in total. The highest BCUT2D eigenvalue weighted by Crippen LogP contribution is 2.62. The topological polar surface area (TPSA) is 129 Å². The summed E-state index contributed by atoms with van der Waals surface area (Å²) in [4.78, 5) is 23.4. The van der Waals surface area contributed by atoms with E-state index in [0.717, 1.165) is 91.7 Å². The Labute approximate surface area is 393 Å². The zero-order valence-electron chi connectivity index (χ0n) is 39.6. The molecule has 2 fully saturated rings. The number of rotatable bonds is 28. The number of ether oxygens (including phenoxy) is 5. The van der Waals surface area contributed by atoms with Crippen molar-refractivity contribution in [3.05, 3.63) is 72.3 Å². The standard InChI is InChI=1S/C53H78N2O9S/c1-5-7-8-9-10-11-12-13-14-20-35-60-52(58)55(3)48-38-46(54-64-49-24-17-21-34-59-49)44-36-39(22-15-18-31-56)43(23-16-19-32-57)50-45-37-41(62-40-25-28-42(65-4)29-26-40)27-30-47(45)63-53(48,51(44)50)61-33-6-2/h6,25-30,36-37,39,43,48-51,56-57H,2,5,7-24,31-35,38H2,1,3-4H3/t39-,43+,48-,49?,50+,51+,53+/m0/s1. The van der Waals surface area contributed by atoms with E-state index in [9.17, 15) is 15.0 Å². The second kappa shape index (κ2) is 26.7. The highest BCUT2D eigenvalue weighted by Gasteiger charge is 2.65. The van der Waals surface area contributed by atoms with E-state index in [1.807, 2.05) is 24.3 Å². The van der Waals surface area contributed by atoms with Crippen molar-refractivity contribution in [2.45, 2.75) is 164 Å². The van der Waals surface area contributed by atoms with Crippen LogP contribution in [0.15, 0.2) is 76.8 Å². The SMILES string of the molecule is C=CCO[C@@]12Oc3ccc(Oc4ccc(SC)cc4)cc3[C@H]3[C@H](CCCCO)[C@@H](CCCCO)C=C(C(=NOC4CCCCO4)C[C@@H]1N(C)C(=O)OCCCCCCCCCCCC)[C@H]32. The number of aliphatic hydroxyl groups excluding tert-OH is 2. The minimum atomic E-state index is -1.36. The average Bonchev–Trinajstić information content (AvgIpc) is 3.33. The molecule has 0 bridgehead atoms. The molecule has 0 aromatic heterocycles. The van der Waals surface area contributed by atoms with E-state index in [0.29, 0.717) is 44.0 Å². The molecule has 0 radical (unpaired) electrons. The first-order valence-corrected chi connectivity index (χ1v) is 26.2. The lowest BCUT2D eigenvalue weighted by atomic mass is 9.55. The van der Waals surface area contributed by atoms with Crippen LogP contribution in [0.2, 0.25) is 0 Å². The number of carbonyl (C=O) groups is 1. The van der Waals surface area contributed by atoms with Gasteiger partial charge in [-0.3, -0.25) is 0 Å². The van der Waals surface area contributed by atoms with Gasteiger partial charge in [0.05, 0.1) is 31.5 Å². The Morgan fingerprint density at radius 2 is 1.63 bits per heavy atom. The van der Waals surface area contributed by atoms with Gasteiger partial charge in [0.15, 0.2) is 0 Å². The maximum Gasteiger partial charge on any atom is 0.409 e. The number of fused-ring (bicyclic) bond motifs is 2. The number of hydrogen-bond donors (Lipinski definition) is 2. The third-order valence-corrected chi connectivity index (χ3v) is 14.6. The monoisotopic (exact) mass is 919 g/mol. The van der Waals surface area contributed by atoms with Gasteiger partial charge in [-0.15, -0.1) is 18.3 Å². The van der Waals surface area contributed by atoms with Crippen LogP contribution in [0.3, 0.4) is 0 Å². The number of benzene rings is 2. The number of unbranched alkanes of at least 4 members (excludes halogenated alkanes) is 11. The second-order valence-corrected chi connectivity index (χ2v) is 19.2. The van der Waals surface area contributed by atoms with Crippen LogP contribution >= 0.6 is 11.8 Å². The van der Waals surface area contributed by atoms with Crippen LogP contribution < -0.4 is 9.47 Å². The Balaban J connectivity index is 1.38. The molecule has 1 amide bonds. The quantitative estimate of drug-likeness (QED) is 0.0368. The van der Waals surface area contributed by atoms with Crippen molar-refractivity contribution in [1.82, 2.24) is 4.90 Å². The van der Waals surface area contributed by atoms with Gasteiger partial charge in [-0.2, -0.15) is 0 Å². The number of nitrogens with zero attached hydrogens (tertiary/aromatic N) is 2. The van der Waals surface area contributed by atoms with Crippen molar-refractivity contribution < 1.29 is 43.5 Å². The molecular formula is C53H78N2O9S. The highest BCUT2D eigenvalue weighted by atomic mass is 32.2. The fraction of sp³-hybridized carbons (Fsp3) is 0.660. The van der Waals surface area contributed by atoms with Crippen molar-refractivity contribution in [3.8, 4) is 17.2 Å². The molecule has 0 spiro atoms. The first-order chi connectivity index (χ1) is 31.9. The van der Waals surface area contributed by atoms with Gasteiger partial charge in [0.25, 0.3) is 0 Å². The smallest absolute Gasteiger partial charge is 0.409 e. The molecule has 6 rings (SSSR count). The van der Waals surface area contributed by atoms with Gasteiger partial charge >= 0.3 is 6.09 Å². The number of hydrogen-bond acceptors (Lipinski definition) is 11. The summed E-state index contributed by atoms with van der Waals surface area (Å²) >= 11 is 1.69. The predicted octanol–water partition coefficient (Wildman–Crippen LogP) is 12.4. The van der Waals surface area contributed by atoms with Crippen LogP contribution in [0, 0.1) is 17.8 Å². The third kappa shape index (κ3) is 13.6. The molecule has 11 nitrogen and oxygen atoms in total. The molecular weight excluding hydrogens is 841 g/mol. The van der Waals surface area contributed by atoms with E-state index in [1.54, 1.807) is 29.8 Å². The van der Waals surface area contributed by atoms with Gasteiger partial charge in [-0.1, -0.05) is 94.9 Å². The van der Waals surface area contributed by atoms with Crippen LogP contribution in [0.25, 0.3) is 0 Å². The van der Waals surface area contributed by atoms with Crippen molar-refractivity contribution >= 4 is 23.6 Å². The van der Waals surface area contributed by atoms with E-state index in [1.165, 1.54) is 44.9 Å². The number of thioether (sulfide) groups is 1. The zero-order chi connectivity index (χ0) is 45.9. The summed E-state index contributed by atoms with van der Waals surface area (Å²) in [6, 6.07) is 13.5. The van der Waals surface area contributed by atoms with Gasteiger partial charge in [0.1, 0.15) is 23.3 Å². The van der Waals surface area contributed by atoms with E-state index in [-0.39, 0.29) is 37.6 Å². The summed E-state index contributed by atoms with van der Waals surface area (Å²) in [7, 11) is 1.79. The predicted molar refractivity (Wildman–Crippen MR) is 259 cm³/mol. The number of carbonyl (C=O) groups excluding carboxylic acids is 1. The molecule has 12 heteroatoms. The maximum absolute atomic E-state index is 14.3. The molecule has 2 aliphatic heterocycles. The second-order valence-electron chi connectivity index (χ2n) is 18.4. The van der Waals surface area contributed by atoms with Gasteiger partial charge in [0, 0.05) is 49.5 Å². The molecule has 2 aliphatic carbocycles. The van der Waals surface area contributed by atoms with E-state index in [2.05, 4.69) is 44.0 Å². The molecule has 360 valence electrons. The van der Waals surface area contributed by atoms with E-state index in [4.69, 9.17) is 33.7 Å². The van der Waals surface area contributed by atoms with Crippen LogP contribution in [0.4, 0.5) is 4.79 Å². The molecule has 1 saturated heterocycles. The summed E-state index contributed by atoms with van der Waals surface area (Å²) in [5, 5.41) is 24.9. The number of likely N-dealkylation sites (N-methyl/N-ethyl adjacent to an activating group) is 1. The zero-order valence-corrected chi connectivity index (χ0v) is 40.4. The fourth-order valence-electron chi connectivity index (χ4n) is 10.5. The Kier molecular flexibility index (Phi) is 20.9. The van der Waals surface area contributed by atoms with Crippen molar-refractivity contribution in [3.63, 3.8) is 0 Å². The molecule has 2 aromatic carbocycles. The van der Waals surface area contributed by atoms with E-state index < -0.39 is 30.1 Å². The van der Waals surface area contributed by atoms with Crippen molar-refractivity contribution in [1.29, 1.82) is 0 Å². The molecule has 65 heavy (non-hydrogen) atoms. The summed E-state index contributed by atoms with van der Waals surface area (Å²) in [6.45, 7) is 7.69. The Morgan fingerprint density at radius 1 is 0.923 bits per heavy atom. The maximum atomic E-state index is 14.3. The lowest BCUT2D eigenvalue weighted by molar-refractivity contribution is -0.254. The Morgan fingerprint density at radius 3 is 2.31 bits per heavy atom. The number of aliphatic hydroxyl groups is 2. The number of oxime groups is 1. The minimum Gasteiger partial charge on any atom is -0.459 e. The van der Waals surface area contributed by atoms with Gasteiger partial charge < -0.3 is 43.6 Å². The third-order valence-electron chi connectivity index (χ3n) is 13.8. The van der Waals surface area contributed by atoms with Crippen molar-refractivity contribution in [2.24, 2.45) is 22.9 Å². The first kappa shape index (κ1) is 50.9. The summed E-state index contributed by atoms with van der Waals surface area (Å²) in [5.74, 6) is 0.356. The fourth-order valence-corrected chi connectivity index (χ4v) is 10.9. The minimum absolute atomic E-state index is 0.0932. The molecule has 1 unspecified atom stereocenters. The average molecular weight is 919 g/mol. The molecule has 7 atom stereocenters. The van der Waals surface area contributed by atoms with Crippen molar-refractivity contribution in [2.75, 3.05) is 46.3 Å². The largest absolute Gasteiger partial charge is 0.459 e. The number of amides is 1. The Hall–Kier alpha value is -3.55. The van der Waals surface area contributed by atoms with Gasteiger partial charge in [-0.05, 0) is 111 Å². The number of allylic oxidation sites excluding steroid dienone is 1. The van der Waals surface area contributed by atoms with Crippen LogP contribution in [0.5, 0.6) is 17.2 Å². The first-order valence-electron chi connectivity index (χ1n) is 24.9. The molecule has 2 aromatic rings. The van der Waals surface area contributed by atoms with Gasteiger partial charge in [0.2, 0.25) is 12.1 Å². The molecule has 2 heterocycles. The normalized spacial score (nSPS) is 25.2. The summed E-state index contributed by atoms with van der Waals surface area (Å²) in [6.07, 6.45) is 25.0. The van der Waals surface area contributed by atoms with E-state index >= 15 is 0 Å². The highest BCUT2D eigenvalue weighted by molar-refractivity contribution is 7.98. The molecule has 1 saturated carbocycles. The Bertz CT molecular complexity index is 1820.